The van der Waals surface area contributed by atoms with Crippen LogP contribution in [0, 0.1) is 0 Å². The minimum Gasteiger partial charge on any atom is -0.0859 e. The second kappa shape index (κ2) is 5.11. The van der Waals surface area contributed by atoms with Gasteiger partial charge >= 0.3 is 0 Å². The van der Waals surface area contributed by atoms with Crippen molar-refractivity contribution in [2.24, 2.45) is 5.11 Å². The van der Waals surface area contributed by atoms with Crippen molar-refractivity contribution in [1.29, 1.82) is 0 Å². The summed E-state index contributed by atoms with van der Waals surface area (Å²) in [4.78, 5) is 2.78. The number of benzene rings is 1. The van der Waals surface area contributed by atoms with Crippen LogP contribution in [0.3, 0.4) is 0 Å². The summed E-state index contributed by atoms with van der Waals surface area (Å²) in [6.45, 7) is 1.93. The van der Waals surface area contributed by atoms with Crippen molar-refractivity contribution < 1.29 is 0 Å². The molecule has 0 spiro atoms. The zero-order chi connectivity index (χ0) is 10.6. The Morgan fingerprint density at radius 1 is 1.50 bits per heavy atom. The largest absolute Gasteiger partial charge is 0.0859 e. The fraction of sp³-hybridized carbons (Fsp3) is 0.333. The minimum absolute atomic E-state index is 0.218. The van der Waals surface area contributed by atoms with Crippen LogP contribution in [-0.2, 0) is 0 Å². The van der Waals surface area contributed by atoms with Crippen molar-refractivity contribution in [2.45, 2.75) is 19.4 Å². The zero-order valence-electron chi connectivity index (χ0n) is 7.61. The van der Waals surface area contributed by atoms with Crippen LogP contribution in [0.25, 0.3) is 10.4 Å². The maximum absolute atomic E-state index is 8.36. The molecule has 0 amide bonds. The minimum atomic E-state index is -0.218. The molecule has 1 aromatic carbocycles. The van der Waals surface area contributed by atoms with E-state index in [1.807, 2.05) is 6.92 Å². The summed E-state index contributed by atoms with van der Waals surface area (Å²) >= 11 is 11.7. The molecule has 0 N–H and O–H groups in total. The van der Waals surface area contributed by atoms with E-state index in [1.54, 1.807) is 18.2 Å². The fourth-order valence-electron chi connectivity index (χ4n) is 1.20. The van der Waals surface area contributed by atoms with Crippen LogP contribution in [-0.4, -0.2) is 0 Å². The lowest BCUT2D eigenvalue weighted by atomic mass is 10.1. The molecule has 1 atom stereocenters. The summed E-state index contributed by atoms with van der Waals surface area (Å²) in [7, 11) is 0. The molecule has 3 nitrogen and oxygen atoms in total. The van der Waals surface area contributed by atoms with Gasteiger partial charge < -0.3 is 0 Å². The van der Waals surface area contributed by atoms with Gasteiger partial charge in [-0.05, 0) is 29.6 Å². The number of azide groups is 1. The third-order valence-corrected chi connectivity index (χ3v) is 2.46. The topological polar surface area (TPSA) is 48.8 Å². The Morgan fingerprint density at radius 3 is 2.71 bits per heavy atom. The molecular weight excluding hydrogens is 221 g/mol. The van der Waals surface area contributed by atoms with E-state index < -0.39 is 0 Å². The highest BCUT2D eigenvalue weighted by atomic mass is 35.5. The van der Waals surface area contributed by atoms with Crippen molar-refractivity contribution >= 4 is 23.2 Å². The van der Waals surface area contributed by atoms with E-state index >= 15 is 0 Å². The molecule has 1 rings (SSSR count). The molecule has 0 aliphatic heterocycles. The lowest BCUT2D eigenvalue weighted by Gasteiger charge is -2.10. The first kappa shape index (κ1) is 11.2. The van der Waals surface area contributed by atoms with Crippen molar-refractivity contribution in [3.8, 4) is 0 Å². The molecule has 0 aliphatic rings. The third-order valence-electron chi connectivity index (χ3n) is 1.90. The second-order valence-corrected chi connectivity index (χ2v) is 3.64. The van der Waals surface area contributed by atoms with Crippen LogP contribution in [0.1, 0.15) is 24.9 Å². The maximum atomic E-state index is 8.36. The predicted octanol–water partition coefficient (Wildman–Crippen LogP) is 4.75. The van der Waals surface area contributed by atoms with Gasteiger partial charge in [0.2, 0.25) is 0 Å². The highest BCUT2D eigenvalue weighted by Gasteiger charge is 2.10. The van der Waals surface area contributed by atoms with Crippen LogP contribution >= 0.6 is 23.2 Å². The Hall–Kier alpha value is -0.890. The highest BCUT2D eigenvalue weighted by Crippen LogP contribution is 2.30. The third kappa shape index (κ3) is 2.55. The van der Waals surface area contributed by atoms with Gasteiger partial charge in [-0.2, -0.15) is 0 Å². The smallest absolute Gasteiger partial charge is 0.0637 e. The van der Waals surface area contributed by atoms with Gasteiger partial charge in [0, 0.05) is 15.0 Å². The molecule has 0 aliphatic carbocycles. The molecule has 0 saturated carbocycles. The number of hydrogen-bond acceptors (Lipinski definition) is 1. The number of hydrogen-bond donors (Lipinski definition) is 0. The highest BCUT2D eigenvalue weighted by molar-refractivity contribution is 6.35. The molecule has 0 unspecified atom stereocenters. The lowest BCUT2D eigenvalue weighted by Crippen LogP contribution is -1.93. The maximum Gasteiger partial charge on any atom is 0.0637 e. The van der Waals surface area contributed by atoms with E-state index in [0.29, 0.717) is 16.5 Å². The molecule has 0 saturated heterocycles. The molecule has 14 heavy (non-hydrogen) atoms. The van der Waals surface area contributed by atoms with E-state index in [4.69, 9.17) is 28.7 Å². The Morgan fingerprint density at radius 2 is 2.21 bits per heavy atom. The first-order valence-corrected chi connectivity index (χ1v) is 4.93. The molecule has 0 radical (unpaired) electrons. The van der Waals surface area contributed by atoms with Gasteiger partial charge in [0.05, 0.1) is 6.04 Å². The Labute approximate surface area is 92.3 Å². The summed E-state index contributed by atoms with van der Waals surface area (Å²) in [6.07, 6.45) is 0.714. The van der Waals surface area contributed by atoms with E-state index in [0.717, 1.165) is 5.56 Å². The normalized spacial score (nSPS) is 11.9. The van der Waals surface area contributed by atoms with Crippen molar-refractivity contribution in [2.75, 3.05) is 0 Å². The monoisotopic (exact) mass is 229 g/mol. The average molecular weight is 230 g/mol. The SMILES string of the molecule is CC[C@@H](N=[N+]=[N-])c1ccc(Cl)cc1Cl. The second-order valence-electron chi connectivity index (χ2n) is 2.79. The predicted molar refractivity (Wildman–Crippen MR) is 58.6 cm³/mol. The molecule has 0 bridgehead atoms. The van der Waals surface area contributed by atoms with Crippen LogP contribution < -0.4 is 0 Å². The average Bonchev–Trinajstić information content (AvgIpc) is 2.15. The number of nitrogens with zero attached hydrogens (tertiary/aromatic N) is 3. The van der Waals surface area contributed by atoms with Gasteiger partial charge in [-0.25, -0.2) is 0 Å². The Bertz CT molecular complexity index is 372. The molecule has 0 fully saturated rings. The summed E-state index contributed by atoms with van der Waals surface area (Å²) in [5.41, 5.74) is 9.18. The van der Waals surface area contributed by atoms with E-state index in [1.165, 1.54) is 0 Å². The van der Waals surface area contributed by atoms with E-state index in [-0.39, 0.29) is 6.04 Å². The van der Waals surface area contributed by atoms with Gasteiger partial charge in [0.1, 0.15) is 0 Å². The van der Waals surface area contributed by atoms with Crippen molar-refractivity contribution in [3.63, 3.8) is 0 Å². The van der Waals surface area contributed by atoms with Crippen LogP contribution in [0.15, 0.2) is 23.3 Å². The number of rotatable bonds is 3. The van der Waals surface area contributed by atoms with Crippen LogP contribution in [0.5, 0.6) is 0 Å². The molecule has 0 heterocycles. The van der Waals surface area contributed by atoms with Gasteiger partial charge in [-0.3, -0.25) is 0 Å². The lowest BCUT2D eigenvalue weighted by molar-refractivity contribution is 0.693. The van der Waals surface area contributed by atoms with Gasteiger partial charge in [0.15, 0.2) is 0 Å². The summed E-state index contributed by atoms with van der Waals surface area (Å²) in [5.74, 6) is 0. The van der Waals surface area contributed by atoms with E-state index in [9.17, 15) is 0 Å². The van der Waals surface area contributed by atoms with Gasteiger partial charge in [0.25, 0.3) is 0 Å². The van der Waals surface area contributed by atoms with E-state index in [2.05, 4.69) is 10.0 Å². The van der Waals surface area contributed by atoms with Gasteiger partial charge in [-0.15, -0.1) is 0 Å². The molecule has 74 valence electrons. The standard InChI is InChI=1S/C9H9Cl2N3/c1-2-9(13-14-12)7-4-3-6(10)5-8(7)11/h3-5,9H,2H2,1H3/t9-/m1/s1. The van der Waals surface area contributed by atoms with Crippen molar-refractivity contribution in [3.05, 3.63) is 44.3 Å². The fourth-order valence-corrected chi connectivity index (χ4v) is 1.73. The number of halogens is 2. The van der Waals surface area contributed by atoms with Crippen molar-refractivity contribution in [1.82, 2.24) is 0 Å². The first-order valence-electron chi connectivity index (χ1n) is 4.18. The molecule has 5 heteroatoms. The van der Waals surface area contributed by atoms with Crippen LogP contribution in [0.4, 0.5) is 0 Å². The quantitative estimate of drug-likeness (QED) is 0.408. The summed E-state index contributed by atoms with van der Waals surface area (Å²) in [6, 6.07) is 4.95. The van der Waals surface area contributed by atoms with Gasteiger partial charge in [-0.1, -0.05) is 41.3 Å². The van der Waals surface area contributed by atoms with Crippen LogP contribution in [0.2, 0.25) is 10.0 Å². The Balaban J connectivity index is 3.10. The Kier molecular flexibility index (Phi) is 4.08. The summed E-state index contributed by atoms with van der Waals surface area (Å²) < 4.78 is 0. The first-order chi connectivity index (χ1) is 6.69. The summed E-state index contributed by atoms with van der Waals surface area (Å²) in [5, 5.41) is 4.77. The molecule has 0 aromatic heterocycles. The molecular formula is C9H9Cl2N3. The molecule has 1 aromatic rings. The zero-order valence-corrected chi connectivity index (χ0v) is 9.13.